The van der Waals surface area contributed by atoms with Crippen LogP contribution in [0.3, 0.4) is 0 Å². The van der Waals surface area contributed by atoms with Gasteiger partial charge in [-0.1, -0.05) is 0 Å². The fraction of sp³-hybridized carbons (Fsp3) is 0.900. The van der Waals surface area contributed by atoms with Crippen LogP contribution in [0.5, 0.6) is 0 Å². The zero-order valence-corrected chi connectivity index (χ0v) is 8.99. The number of rotatable bonds is 2. The van der Waals surface area contributed by atoms with Gasteiger partial charge < -0.3 is 15.1 Å². The molecule has 2 aliphatic rings. The van der Waals surface area contributed by atoms with Crippen molar-refractivity contribution in [1.29, 1.82) is 0 Å². The third-order valence-electron chi connectivity index (χ3n) is 3.02. The second-order valence-electron chi connectivity index (χ2n) is 4.67. The highest BCUT2D eigenvalue weighted by atomic mass is 16.2. The molecule has 2 heterocycles. The van der Waals surface area contributed by atoms with Crippen molar-refractivity contribution in [2.75, 3.05) is 33.7 Å². The number of amides is 1. The molecular weight excluding hydrogens is 178 g/mol. The largest absolute Gasteiger partial charge is 0.338 e. The van der Waals surface area contributed by atoms with E-state index in [1.165, 1.54) is 12.8 Å². The molecule has 2 atom stereocenters. The van der Waals surface area contributed by atoms with E-state index in [9.17, 15) is 4.79 Å². The Morgan fingerprint density at radius 1 is 1.36 bits per heavy atom. The third kappa shape index (κ3) is 2.07. The van der Waals surface area contributed by atoms with Crippen LogP contribution in [0.4, 0.5) is 0 Å². The molecule has 2 bridgehead atoms. The normalized spacial score (nSPS) is 31.2. The van der Waals surface area contributed by atoms with Gasteiger partial charge in [-0.3, -0.25) is 4.79 Å². The summed E-state index contributed by atoms with van der Waals surface area (Å²) < 4.78 is 0. The average Bonchev–Trinajstić information content (AvgIpc) is 2.44. The van der Waals surface area contributed by atoms with Crippen LogP contribution in [0.1, 0.15) is 12.8 Å². The Labute approximate surface area is 85.2 Å². The van der Waals surface area contributed by atoms with Crippen molar-refractivity contribution >= 4 is 5.91 Å². The molecule has 4 nitrogen and oxygen atoms in total. The number of carbonyl (C=O) groups excluding carboxylic acids is 1. The van der Waals surface area contributed by atoms with Gasteiger partial charge in [0.1, 0.15) is 0 Å². The van der Waals surface area contributed by atoms with Gasteiger partial charge in [0.2, 0.25) is 5.91 Å². The summed E-state index contributed by atoms with van der Waals surface area (Å²) in [7, 11) is 3.88. The van der Waals surface area contributed by atoms with Crippen molar-refractivity contribution in [1.82, 2.24) is 15.1 Å². The Hall–Kier alpha value is -0.610. The molecule has 0 aromatic carbocycles. The lowest BCUT2D eigenvalue weighted by Crippen LogP contribution is -2.54. The standard InChI is InChI=1S/C10H19N3O/c1-12(2)7-10(14)13-5-8-3-4-9(6-13)11-8/h8-9,11H,3-7H2,1-2H3. The Morgan fingerprint density at radius 3 is 2.43 bits per heavy atom. The number of nitrogens with one attached hydrogen (secondary N) is 1. The van der Waals surface area contributed by atoms with E-state index in [0.29, 0.717) is 18.6 Å². The van der Waals surface area contributed by atoms with Gasteiger partial charge in [-0.05, 0) is 26.9 Å². The first-order valence-corrected chi connectivity index (χ1v) is 5.33. The minimum absolute atomic E-state index is 0.272. The highest BCUT2D eigenvalue weighted by Crippen LogP contribution is 2.19. The molecule has 2 saturated heterocycles. The Balaban J connectivity index is 1.89. The van der Waals surface area contributed by atoms with Crippen LogP contribution in [0.15, 0.2) is 0 Å². The van der Waals surface area contributed by atoms with Gasteiger partial charge in [0.15, 0.2) is 0 Å². The topological polar surface area (TPSA) is 35.6 Å². The molecule has 2 unspecified atom stereocenters. The lowest BCUT2D eigenvalue weighted by atomic mass is 10.2. The highest BCUT2D eigenvalue weighted by Gasteiger charge is 2.33. The summed E-state index contributed by atoms with van der Waals surface area (Å²) in [5.41, 5.74) is 0. The fourth-order valence-corrected chi connectivity index (χ4v) is 2.37. The van der Waals surface area contributed by atoms with Crippen LogP contribution in [0, 0.1) is 0 Å². The first-order valence-electron chi connectivity index (χ1n) is 5.33. The van der Waals surface area contributed by atoms with E-state index < -0.39 is 0 Å². The van der Waals surface area contributed by atoms with Gasteiger partial charge >= 0.3 is 0 Å². The Bertz CT molecular complexity index is 217. The quantitative estimate of drug-likeness (QED) is 0.649. The molecule has 14 heavy (non-hydrogen) atoms. The molecule has 0 spiro atoms. The maximum Gasteiger partial charge on any atom is 0.236 e. The van der Waals surface area contributed by atoms with E-state index in [0.717, 1.165) is 13.1 Å². The number of piperazine rings is 1. The average molecular weight is 197 g/mol. The molecule has 2 aliphatic heterocycles. The van der Waals surface area contributed by atoms with E-state index in [2.05, 4.69) is 5.32 Å². The summed E-state index contributed by atoms with van der Waals surface area (Å²) in [5.74, 6) is 0.272. The molecule has 0 radical (unpaired) electrons. The smallest absolute Gasteiger partial charge is 0.236 e. The van der Waals surface area contributed by atoms with E-state index in [-0.39, 0.29) is 5.91 Å². The zero-order valence-electron chi connectivity index (χ0n) is 8.99. The van der Waals surface area contributed by atoms with Gasteiger partial charge in [-0.25, -0.2) is 0 Å². The maximum atomic E-state index is 11.8. The van der Waals surface area contributed by atoms with Crippen LogP contribution < -0.4 is 5.32 Å². The molecule has 0 saturated carbocycles. The summed E-state index contributed by atoms with van der Waals surface area (Å²) in [4.78, 5) is 15.7. The first kappa shape index (κ1) is 9.93. The molecule has 2 rings (SSSR count). The number of fused-ring (bicyclic) bond motifs is 2. The fourth-order valence-electron chi connectivity index (χ4n) is 2.37. The molecule has 2 fully saturated rings. The van der Waals surface area contributed by atoms with Crippen molar-refractivity contribution in [3.05, 3.63) is 0 Å². The van der Waals surface area contributed by atoms with E-state index >= 15 is 0 Å². The highest BCUT2D eigenvalue weighted by molar-refractivity contribution is 5.78. The minimum Gasteiger partial charge on any atom is -0.338 e. The number of carbonyl (C=O) groups is 1. The van der Waals surface area contributed by atoms with E-state index in [1.54, 1.807) is 0 Å². The summed E-state index contributed by atoms with van der Waals surface area (Å²) in [5, 5.41) is 3.52. The van der Waals surface area contributed by atoms with Crippen molar-refractivity contribution in [3.63, 3.8) is 0 Å². The Kier molecular flexibility index (Phi) is 2.74. The molecule has 0 aromatic rings. The van der Waals surface area contributed by atoms with Gasteiger partial charge in [0, 0.05) is 25.2 Å². The minimum atomic E-state index is 0.272. The monoisotopic (exact) mass is 197 g/mol. The van der Waals surface area contributed by atoms with Gasteiger partial charge in [0.25, 0.3) is 0 Å². The molecule has 0 aromatic heterocycles. The predicted molar refractivity (Wildman–Crippen MR) is 55.1 cm³/mol. The van der Waals surface area contributed by atoms with Crippen LogP contribution in [-0.2, 0) is 4.79 Å². The van der Waals surface area contributed by atoms with Crippen LogP contribution >= 0.6 is 0 Å². The first-order chi connectivity index (χ1) is 6.65. The van der Waals surface area contributed by atoms with Crippen molar-refractivity contribution in [2.24, 2.45) is 0 Å². The zero-order chi connectivity index (χ0) is 10.1. The summed E-state index contributed by atoms with van der Waals surface area (Å²) >= 11 is 0. The van der Waals surface area contributed by atoms with Crippen LogP contribution in [0.2, 0.25) is 0 Å². The number of hydrogen-bond donors (Lipinski definition) is 1. The predicted octanol–water partition coefficient (Wildman–Crippen LogP) is -0.489. The van der Waals surface area contributed by atoms with E-state index in [4.69, 9.17) is 0 Å². The van der Waals surface area contributed by atoms with Crippen molar-refractivity contribution in [3.8, 4) is 0 Å². The maximum absolute atomic E-state index is 11.8. The number of likely N-dealkylation sites (N-methyl/N-ethyl adjacent to an activating group) is 1. The third-order valence-corrected chi connectivity index (χ3v) is 3.02. The number of likely N-dealkylation sites (tertiary alicyclic amines) is 1. The molecule has 0 aliphatic carbocycles. The SMILES string of the molecule is CN(C)CC(=O)N1CC2CCC(C1)N2. The molecule has 80 valence electrons. The summed E-state index contributed by atoms with van der Waals surface area (Å²) in [6, 6.07) is 1.11. The van der Waals surface area contributed by atoms with Crippen molar-refractivity contribution < 1.29 is 4.79 Å². The lowest BCUT2D eigenvalue weighted by molar-refractivity contribution is -0.133. The summed E-state index contributed by atoms with van der Waals surface area (Å²) in [6.07, 6.45) is 2.47. The van der Waals surface area contributed by atoms with Gasteiger partial charge in [0.05, 0.1) is 6.54 Å². The Morgan fingerprint density at radius 2 is 1.93 bits per heavy atom. The number of nitrogens with zero attached hydrogens (tertiary/aromatic N) is 2. The second kappa shape index (κ2) is 3.87. The van der Waals surface area contributed by atoms with Crippen LogP contribution in [-0.4, -0.2) is 61.5 Å². The van der Waals surface area contributed by atoms with Gasteiger partial charge in [-0.15, -0.1) is 0 Å². The van der Waals surface area contributed by atoms with Crippen molar-refractivity contribution in [2.45, 2.75) is 24.9 Å². The summed E-state index contributed by atoms with van der Waals surface area (Å²) in [6.45, 7) is 2.35. The second-order valence-corrected chi connectivity index (χ2v) is 4.67. The molecule has 1 amide bonds. The van der Waals surface area contributed by atoms with E-state index in [1.807, 2.05) is 23.9 Å². The van der Waals surface area contributed by atoms with Crippen LogP contribution in [0.25, 0.3) is 0 Å². The molecule has 1 N–H and O–H groups in total. The lowest BCUT2D eigenvalue weighted by Gasteiger charge is -2.33. The molecular formula is C10H19N3O. The number of hydrogen-bond acceptors (Lipinski definition) is 3. The molecule has 4 heteroatoms. The van der Waals surface area contributed by atoms with Gasteiger partial charge in [-0.2, -0.15) is 0 Å².